The number of rotatable bonds is 3. The fraction of sp³-hybridized carbons (Fsp3) is 0.231. The van der Waals surface area contributed by atoms with E-state index in [0.29, 0.717) is 16.3 Å². The molecule has 0 radical (unpaired) electrons. The van der Waals surface area contributed by atoms with Crippen molar-refractivity contribution in [2.45, 2.75) is 20.4 Å². The molecule has 0 amide bonds. The Morgan fingerprint density at radius 1 is 1.33 bits per heavy atom. The maximum Gasteiger partial charge on any atom is 0.184 e. The first-order valence-electron chi connectivity index (χ1n) is 5.47. The number of ketones is 1. The summed E-state index contributed by atoms with van der Waals surface area (Å²) < 4.78 is 14.3. The summed E-state index contributed by atoms with van der Waals surface area (Å²) in [6.45, 7) is 3.69. The summed E-state index contributed by atoms with van der Waals surface area (Å²) in [5, 5.41) is 4.75. The largest absolute Gasteiger partial charge is 0.292 e. The quantitative estimate of drug-likeness (QED) is 0.800. The number of hydrogen-bond acceptors (Lipinski definition) is 2. The number of carbonyl (C=O) groups excluding carboxylic acids is 1. The van der Waals surface area contributed by atoms with Crippen molar-refractivity contribution in [3.8, 4) is 0 Å². The van der Waals surface area contributed by atoms with Crippen LogP contribution in [0.15, 0.2) is 24.3 Å². The lowest BCUT2D eigenvalue weighted by Gasteiger charge is -2.04. The number of aromatic nitrogens is 2. The van der Waals surface area contributed by atoms with Gasteiger partial charge in [-0.2, -0.15) is 5.10 Å². The Bertz CT molecular complexity index is 590. The average molecular weight is 267 g/mol. The smallest absolute Gasteiger partial charge is 0.184 e. The number of carbonyl (C=O) groups is 1. The van der Waals surface area contributed by atoms with Gasteiger partial charge in [0.05, 0.1) is 16.4 Å². The third kappa shape index (κ3) is 2.43. The zero-order valence-electron chi connectivity index (χ0n) is 10.1. The number of aryl methyl sites for hydroxylation is 1. The van der Waals surface area contributed by atoms with Crippen molar-refractivity contribution in [1.82, 2.24) is 9.78 Å². The summed E-state index contributed by atoms with van der Waals surface area (Å²) >= 11 is 6.00. The predicted molar refractivity (Wildman–Crippen MR) is 67.4 cm³/mol. The summed E-state index contributed by atoms with van der Waals surface area (Å²) in [5.41, 5.74) is 1.91. The molecule has 0 atom stereocenters. The van der Waals surface area contributed by atoms with Crippen molar-refractivity contribution < 1.29 is 9.18 Å². The number of halogens is 2. The van der Waals surface area contributed by atoms with E-state index in [1.807, 2.05) is 0 Å². The van der Waals surface area contributed by atoms with Gasteiger partial charge in [-0.1, -0.05) is 11.6 Å². The highest BCUT2D eigenvalue weighted by Crippen LogP contribution is 2.19. The molecule has 0 saturated heterocycles. The van der Waals surface area contributed by atoms with Gasteiger partial charge in [-0.15, -0.1) is 0 Å². The first-order chi connectivity index (χ1) is 8.49. The average Bonchev–Trinajstić information content (AvgIpc) is 2.58. The van der Waals surface area contributed by atoms with E-state index in [2.05, 4.69) is 5.10 Å². The molecule has 3 nitrogen and oxygen atoms in total. The SMILES string of the molecule is Cc1nn(CC(=O)c2ccc(F)cc2)c(C)c1Cl. The van der Waals surface area contributed by atoms with Gasteiger partial charge in [0.1, 0.15) is 12.4 Å². The van der Waals surface area contributed by atoms with E-state index in [-0.39, 0.29) is 18.1 Å². The minimum absolute atomic E-state index is 0.102. The van der Waals surface area contributed by atoms with Gasteiger partial charge >= 0.3 is 0 Å². The van der Waals surface area contributed by atoms with Crippen LogP contribution in [0.4, 0.5) is 4.39 Å². The topological polar surface area (TPSA) is 34.9 Å². The molecule has 0 aliphatic heterocycles. The van der Waals surface area contributed by atoms with Crippen LogP contribution >= 0.6 is 11.6 Å². The summed E-state index contributed by atoms with van der Waals surface area (Å²) in [6.07, 6.45) is 0. The monoisotopic (exact) mass is 266 g/mol. The Morgan fingerprint density at radius 2 is 1.94 bits per heavy atom. The molecular weight excluding hydrogens is 255 g/mol. The lowest BCUT2D eigenvalue weighted by molar-refractivity contribution is 0.0966. The van der Waals surface area contributed by atoms with Gasteiger partial charge < -0.3 is 0 Å². The van der Waals surface area contributed by atoms with E-state index < -0.39 is 0 Å². The molecular formula is C13H12ClFN2O. The molecule has 0 unspecified atom stereocenters. The van der Waals surface area contributed by atoms with Crippen LogP contribution in [0.25, 0.3) is 0 Å². The van der Waals surface area contributed by atoms with Crippen LogP contribution in [-0.4, -0.2) is 15.6 Å². The number of benzene rings is 1. The van der Waals surface area contributed by atoms with Gasteiger partial charge in [0.2, 0.25) is 0 Å². The first-order valence-corrected chi connectivity index (χ1v) is 5.85. The van der Waals surface area contributed by atoms with Crippen molar-refractivity contribution in [2.24, 2.45) is 0 Å². The zero-order chi connectivity index (χ0) is 13.3. The number of hydrogen-bond donors (Lipinski definition) is 0. The third-order valence-electron chi connectivity index (χ3n) is 2.75. The Kier molecular flexibility index (Phi) is 3.48. The maximum absolute atomic E-state index is 12.8. The minimum Gasteiger partial charge on any atom is -0.292 e. The predicted octanol–water partition coefficient (Wildman–Crippen LogP) is 3.18. The van der Waals surface area contributed by atoms with Crippen molar-refractivity contribution in [1.29, 1.82) is 0 Å². The lowest BCUT2D eigenvalue weighted by Crippen LogP contribution is -2.13. The van der Waals surface area contributed by atoms with Gasteiger partial charge in [-0.25, -0.2) is 4.39 Å². The van der Waals surface area contributed by atoms with Crippen LogP contribution in [-0.2, 0) is 6.54 Å². The van der Waals surface area contributed by atoms with Crippen LogP contribution < -0.4 is 0 Å². The molecule has 0 fully saturated rings. The van der Waals surface area contributed by atoms with Crippen LogP contribution in [0, 0.1) is 19.7 Å². The second kappa shape index (κ2) is 4.90. The van der Waals surface area contributed by atoms with Crippen molar-refractivity contribution >= 4 is 17.4 Å². The fourth-order valence-electron chi connectivity index (χ4n) is 1.69. The Hall–Kier alpha value is -1.68. The van der Waals surface area contributed by atoms with Crippen molar-refractivity contribution in [3.05, 3.63) is 52.1 Å². The van der Waals surface area contributed by atoms with Gasteiger partial charge in [0, 0.05) is 5.56 Å². The van der Waals surface area contributed by atoms with Crippen molar-refractivity contribution in [3.63, 3.8) is 0 Å². The molecule has 0 aliphatic rings. The van der Waals surface area contributed by atoms with Gasteiger partial charge in [0.25, 0.3) is 0 Å². The van der Waals surface area contributed by atoms with Crippen LogP contribution in [0.3, 0.4) is 0 Å². The zero-order valence-corrected chi connectivity index (χ0v) is 10.8. The molecule has 0 saturated carbocycles. The molecule has 1 aromatic heterocycles. The molecule has 18 heavy (non-hydrogen) atoms. The number of Topliss-reactive ketones (excluding diaryl/α,β-unsaturated/α-hetero) is 1. The van der Waals surface area contributed by atoms with Crippen LogP contribution in [0.5, 0.6) is 0 Å². The van der Waals surface area contributed by atoms with Crippen LogP contribution in [0.1, 0.15) is 21.7 Å². The summed E-state index contributed by atoms with van der Waals surface area (Å²) in [7, 11) is 0. The first kappa shape index (κ1) is 12.8. The Morgan fingerprint density at radius 3 is 2.44 bits per heavy atom. The fourth-order valence-corrected chi connectivity index (χ4v) is 1.83. The van der Waals surface area contributed by atoms with Gasteiger partial charge in [-0.05, 0) is 38.1 Å². The second-order valence-electron chi connectivity index (χ2n) is 4.07. The molecule has 1 heterocycles. The highest BCUT2D eigenvalue weighted by molar-refractivity contribution is 6.31. The molecule has 0 bridgehead atoms. The highest BCUT2D eigenvalue weighted by Gasteiger charge is 2.13. The molecule has 94 valence electrons. The van der Waals surface area contributed by atoms with E-state index >= 15 is 0 Å². The standard InChI is InChI=1S/C13H12ClFN2O/c1-8-13(14)9(2)17(16-8)7-12(18)10-3-5-11(15)6-4-10/h3-6H,7H2,1-2H3. The van der Waals surface area contributed by atoms with E-state index in [1.165, 1.54) is 24.3 Å². The molecule has 5 heteroatoms. The van der Waals surface area contributed by atoms with Crippen molar-refractivity contribution in [2.75, 3.05) is 0 Å². The summed E-state index contributed by atoms with van der Waals surface area (Å²) in [5.74, 6) is -0.488. The van der Waals surface area contributed by atoms with Gasteiger partial charge in [0.15, 0.2) is 5.78 Å². The van der Waals surface area contributed by atoms with E-state index in [9.17, 15) is 9.18 Å². The minimum atomic E-state index is -0.360. The number of nitrogens with zero attached hydrogens (tertiary/aromatic N) is 2. The molecule has 0 aliphatic carbocycles. The van der Waals surface area contributed by atoms with E-state index in [0.717, 1.165) is 5.69 Å². The second-order valence-corrected chi connectivity index (χ2v) is 4.45. The Balaban J connectivity index is 2.21. The molecule has 1 aromatic carbocycles. The normalized spacial score (nSPS) is 10.7. The third-order valence-corrected chi connectivity index (χ3v) is 3.30. The van der Waals surface area contributed by atoms with E-state index in [1.54, 1.807) is 18.5 Å². The lowest BCUT2D eigenvalue weighted by atomic mass is 10.1. The molecule has 0 N–H and O–H groups in total. The molecule has 2 rings (SSSR count). The molecule has 0 spiro atoms. The van der Waals surface area contributed by atoms with Gasteiger partial charge in [-0.3, -0.25) is 9.48 Å². The Labute approximate surface area is 109 Å². The highest BCUT2D eigenvalue weighted by atomic mass is 35.5. The molecule has 2 aromatic rings. The van der Waals surface area contributed by atoms with Crippen LogP contribution in [0.2, 0.25) is 5.02 Å². The summed E-state index contributed by atoms with van der Waals surface area (Å²) in [6, 6.07) is 5.46. The van der Waals surface area contributed by atoms with E-state index in [4.69, 9.17) is 11.6 Å². The summed E-state index contributed by atoms with van der Waals surface area (Å²) in [4.78, 5) is 12.0. The maximum atomic E-state index is 12.8.